The van der Waals surface area contributed by atoms with Gasteiger partial charge >= 0.3 is 5.97 Å². The number of pyridine rings is 1. The Morgan fingerprint density at radius 2 is 1.60 bits per heavy atom. The van der Waals surface area contributed by atoms with E-state index >= 15 is 0 Å². The quantitative estimate of drug-likeness (QED) is 0.323. The van der Waals surface area contributed by atoms with Crippen LogP contribution in [0.5, 0.6) is 11.5 Å². The molecule has 2 aromatic carbocycles. The lowest BCUT2D eigenvalue weighted by Crippen LogP contribution is -2.35. The molecule has 0 atom stereocenters. The topological polar surface area (TPSA) is 85.8 Å². The van der Waals surface area contributed by atoms with Crippen LogP contribution >= 0.6 is 0 Å². The van der Waals surface area contributed by atoms with Gasteiger partial charge in [-0.3, -0.25) is 4.98 Å². The summed E-state index contributed by atoms with van der Waals surface area (Å²) in [5, 5.41) is 0. The number of carbonyl (C=O) groups excluding carboxylic acids is 1. The first-order valence-corrected chi connectivity index (χ1v) is 13.1. The van der Waals surface area contributed by atoms with E-state index in [-0.39, 0.29) is 10.5 Å². The monoisotopic (exact) mass is 492 g/mol. The minimum atomic E-state index is -3.56. The molecule has 1 aromatic heterocycles. The Bertz CT molecular complexity index is 1280. The van der Waals surface area contributed by atoms with Crippen LogP contribution in [0.1, 0.15) is 47.7 Å². The second kappa shape index (κ2) is 11.3. The summed E-state index contributed by atoms with van der Waals surface area (Å²) in [5.41, 5.74) is 2.16. The van der Waals surface area contributed by atoms with Crippen molar-refractivity contribution in [3.8, 4) is 11.5 Å². The summed E-state index contributed by atoms with van der Waals surface area (Å²) in [7, 11) is -3.56. The van der Waals surface area contributed by atoms with Crippen molar-refractivity contribution in [1.82, 2.24) is 9.29 Å². The van der Waals surface area contributed by atoms with Crippen LogP contribution in [0, 0.1) is 0 Å². The second-order valence-corrected chi connectivity index (χ2v) is 10.1. The van der Waals surface area contributed by atoms with Crippen LogP contribution < -0.4 is 9.47 Å². The van der Waals surface area contributed by atoms with Gasteiger partial charge in [0.25, 0.3) is 0 Å². The van der Waals surface area contributed by atoms with E-state index in [1.165, 1.54) is 28.6 Å². The largest absolute Gasteiger partial charge is 0.490 e. The minimum Gasteiger partial charge on any atom is -0.490 e. The van der Waals surface area contributed by atoms with Crippen molar-refractivity contribution in [3.63, 3.8) is 0 Å². The number of esters is 1. The highest BCUT2D eigenvalue weighted by Gasteiger charge is 2.26. The van der Waals surface area contributed by atoms with Crippen molar-refractivity contribution >= 4 is 28.1 Å². The fourth-order valence-electron chi connectivity index (χ4n) is 3.82. The average Bonchev–Trinajstić information content (AvgIpc) is 2.90. The SMILES string of the molecule is CCOc1cc(/C=C/c2ccncc2)ccc1OC(=O)c1ccc(S(=O)(=O)N2CCCCC2)cc1. The van der Waals surface area contributed by atoms with E-state index < -0.39 is 16.0 Å². The van der Waals surface area contributed by atoms with Crippen LogP contribution in [-0.2, 0) is 10.0 Å². The molecule has 0 unspecified atom stereocenters. The summed E-state index contributed by atoms with van der Waals surface area (Å²) in [6.45, 7) is 3.32. The van der Waals surface area contributed by atoms with Crippen molar-refractivity contribution in [2.45, 2.75) is 31.1 Å². The molecule has 3 aromatic rings. The average molecular weight is 493 g/mol. The van der Waals surface area contributed by atoms with Gasteiger partial charge in [0.2, 0.25) is 10.0 Å². The third kappa shape index (κ3) is 6.15. The molecule has 0 N–H and O–H groups in total. The highest BCUT2D eigenvalue weighted by molar-refractivity contribution is 7.89. The molecule has 1 aliphatic rings. The van der Waals surface area contributed by atoms with Gasteiger partial charge in [-0.1, -0.05) is 24.6 Å². The van der Waals surface area contributed by atoms with Gasteiger partial charge in [0.15, 0.2) is 11.5 Å². The number of hydrogen-bond donors (Lipinski definition) is 0. The van der Waals surface area contributed by atoms with Crippen molar-refractivity contribution in [2.24, 2.45) is 0 Å². The van der Waals surface area contributed by atoms with Crippen LogP contribution in [0.15, 0.2) is 71.9 Å². The van der Waals surface area contributed by atoms with E-state index in [9.17, 15) is 13.2 Å². The van der Waals surface area contributed by atoms with E-state index in [4.69, 9.17) is 9.47 Å². The molecule has 0 aliphatic carbocycles. The van der Waals surface area contributed by atoms with Crippen molar-refractivity contribution in [1.29, 1.82) is 0 Å². The number of ether oxygens (including phenoxy) is 2. The lowest BCUT2D eigenvalue weighted by Gasteiger charge is -2.25. The summed E-state index contributed by atoms with van der Waals surface area (Å²) in [6, 6.07) is 15.0. The van der Waals surface area contributed by atoms with E-state index in [2.05, 4.69) is 4.98 Å². The molecule has 0 saturated carbocycles. The molecule has 0 amide bonds. The van der Waals surface area contributed by atoms with Crippen molar-refractivity contribution in [2.75, 3.05) is 19.7 Å². The number of sulfonamides is 1. The van der Waals surface area contributed by atoms with Crippen LogP contribution in [0.25, 0.3) is 12.2 Å². The molecule has 2 heterocycles. The first kappa shape index (κ1) is 24.6. The molecule has 0 spiro atoms. The molecule has 1 fully saturated rings. The van der Waals surface area contributed by atoms with Gasteiger partial charge in [-0.25, -0.2) is 13.2 Å². The van der Waals surface area contributed by atoms with Gasteiger partial charge in [-0.05, 0) is 79.4 Å². The number of aromatic nitrogens is 1. The summed E-state index contributed by atoms with van der Waals surface area (Å²) in [6.07, 6.45) is 10.1. The predicted molar refractivity (Wildman–Crippen MR) is 135 cm³/mol. The van der Waals surface area contributed by atoms with Crippen LogP contribution in [0.2, 0.25) is 0 Å². The number of piperidine rings is 1. The molecular weight excluding hydrogens is 464 g/mol. The number of carbonyl (C=O) groups is 1. The molecule has 0 bridgehead atoms. The van der Waals surface area contributed by atoms with Crippen LogP contribution in [0.3, 0.4) is 0 Å². The molecule has 182 valence electrons. The van der Waals surface area contributed by atoms with Gasteiger partial charge in [-0.15, -0.1) is 0 Å². The summed E-state index contributed by atoms with van der Waals surface area (Å²) >= 11 is 0. The summed E-state index contributed by atoms with van der Waals surface area (Å²) in [5.74, 6) is 0.151. The Morgan fingerprint density at radius 3 is 2.29 bits per heavy atom. The number of benzene rings is 2. The third-order valence-corrected chi connectivity index (χ3v) is 7.60. The molecule has 35 heavy (non-hydrogen) atoms. The standard InChI is InChI=1S/C27H28N2O5S/c1-2-33-26-20-22(7-6-21-14-16-28-17-15-21)8-13-25(26)34-27(30)23-9-11-24(12-10-23)35(31,32)29-18-4-3-5-19-29/h6-17,20H,2-5,18-19H2,1H3/b7-6+. The zero-order chi connectivity index (χ0) is 24.7. The molecule has 1 aliphatic heterocycles. The molecule has 1 saturated heterocycles. The molecular formula is C27H28N2O5S. The smallest absolute Gasteiger partial charge is 0.343 e. The molecule has 0 radical (unpaired) electrons. The minimum absolute atomic E-state index is 0.177. The van der Waals surface area contributed by atoms with E-state index in [0.717, 1.165) is 30.4 Å². The van der Waals surface area contributed by atoms with Crippen LogP contribution in [-0.4, -0.2) is 43.4 Å². The molecule has 8 heteroatoms. The lowest BCUT2D eigenvalue weighted by atomic mass is 10.1. The zero-order valence-corrected chi connectivity index (χ0v) is 20.4. The first-order chi connectivity index (χ1) is 17.0. The fourth-order valence-corrected chi connectivity index (χ4v) is 5.34. The third-order valence-electron chi connectivity index (χ3n) is 5.69. The molecule has 7 nitrogen and oxygen atoms in total. The van der Waals surface area contributed by atoms with Gasteiger partial charge in [0.1, 0.15) is 0 Å². The lowest BCUT2D eigenvalue weighted by molar-refractivity contribution is 0.0728. The van der Waals surface area contributed by atoms with Gasteiger partial charge < -0.3 is 9.47 Å². The number of rotatable bonds is 8. The Kier molecular flexibility index (Phi) is 7.94. The Morgan fingerprint density at radius 1 is 0.914 bits per heavy atom. The normalized spacial score (nSPS) is 14.7. The van der Waals surface area contributed by atoms with Crippen LogP contribution in [0.4, 0.5) is 0 Å². The maximum Gasteiger partial charge on any atom is 0.343 e. The second-order valence-electron chi connectivity index (χ2n) is 8.13. The van der Waals surface area contributed by atoms with E-state index in [1.54, 1.807) is 24.5 Å². The van der Waals surface area contributed by atoms with Crippen molar-refractivity contribution < 1.29 is 22.7 Å². The highest BCUT2D eigenvalue weighted by Crippen LogP contribution is 2.30. The maximum atomic E-state index is 12.8. The van der Waals surface area contributed by atoms with E-state index in [1.807, 2.05) is 37.3 Å². The maximum absolute atomic E-state index is 12.8. The fraction of sp³-hybridized carbons (Fsp3) is 0.259. The molecule has 4 rings (SSSR count). The predicted octanol–water partition coefficient (Wildman–Crippen LogP) is 5.04. The number of nitrogens with zero attached hydrogens (tertiary/aromatic N) is 2. The van der Waals surface area contributed by atoms with Gasteiger partial charge in [0.05, 0.1) is 17.1 Å². The van der Waals surface area contributed by atoms with Crippen molar-refractivity contribution in [3.05, 3.63) is 83.7 Å². The van der Waals surface area contributed by atoms with E-state index in [0.29, 0.717) is 31.2 Å². The highest BCUT2D eigenvalue weighted by atomic mass is 32.2. The summed E-state index contributed by atoms with van der Waals surface area (Å²) in [4.78, 5) is 17.0. The number of hydrogen-bond acceptors (Lipinski definition) is 6. The van der Waals surface area contributed by atoms with Gasteiger partial charge in [-0.2, -0.15) is 4.31 Å². The Labute approximate surface area is 206 Å². The van der Waals surface area contributed by atoms with Gasteiger partial charge in [0, 0.05) is 25.5 Å². The summed E-state index contributed by atoms with van der Waals surface area (Å²) < 4.78 is 38.5. The first-order valence-electron chi connectivity index (χ1n) is 11.6. The zero-order valence-electron chi connectivity index (χ0n) is 19.6. The Hall–Kier alpha value is -3.49. The Balaban J connectivity index is 1.48.